The summed E-state index contributed by atoms with van der Waals surface area (Å²) in [6.07, 6.45) is 3.62. The molecule has 2 aromatic heterocycles. The topological polar surface area (TPSA) is 51.6 Å². The maximum absolute atomic E-state index is 4.99. The third-order valence-corrected chi connectivity index (χ3v) is 9.87. The van der Waals surface area contributed by atoms with Gasteiger partial charge in [0, 0.05) is 34.5 Å². The molecule has 9 rings (SSSR count). The molecule has 8 aromatic rings. The summed E-state index contributed by atoms with van der Waals surface area (Å²) >= 11 is 0. The van der Waals surface area contributed by atoms with Gasteiger partial charge >= 0.3 is 0 Å². The molecule has 0 saturated heterocycles. The Morgan fingerprint density at radius 1 is 0.408 bits per heavy atom. The molecule has 0 radical (unpaired) electrons. The highest BCUT2D eigenvalue weighted by molar-refractivity contribution is 6.02. The zero-order chi connectivity index (χ0) is 33.0. The summed E-state index contributed by atoms with van der Waals surface area (Å²) in [6, 6.07) is 51.3. The molecule has 0 saturated carbocycles. The fourth-order valence-electron chi connectivity index (χ4n) is 7.20. The largest absolute Gasteiger partial charge is 0.265 e. The minimum absolute atomic E-state index is 0.0870. The quantitative estimate of drug-likeness (QED) is 0.190. The van der Waals surface area contributed by atoms with Crippen molar-refractivity contribution < 1.29 is 0 Å². The van der Waals surface area contributed by atoms with Crippen molar-refractivity contribution in [3.05, 3.63) is 169 Å². The maximum atomic E-state index is 4.99. The minimum atomic E-state index is -0.0870. The van der Waals surface area contributed by atoms with Gasteiger partial charge in [0.25, 0.3) is 0 Å². The molecule has 6 aromatic carbocycles. The van der Waals surface area contributed by atoms with E-state index in [4.69, 9.17) is 15.0 Å². The van der Waals surface area contributed by atoms with Crippen LogP contribution in [0.4, 0.5) is 0 Å². The predicted molar refractivity (Wildman–Crippen MR) is 200 cm³/mol. The molecule has 0 bridgehead atoms. The van der Waals surface area contributed by atoms with Crippen LogP contribution in [-0.4, -0.2) is 19.9 Å². The van der Waals surface area contributed by atoms with Gasteiger partial charge in [-0.15, -0.1) is 0 Å². The van der Waals surface area contributed by atoms with Gasteiger partial charge in [-0.3, -0.25) is 4.98 Å². The van der Waals surface area contributed by atoms with Gasteiger partial charge in [0.15, 0.2) is 17.5 Å². The predicted octanol–water partition coefficient (Wildman–Crippen LogP) is 11.1. The Labute approximate surface area is 285 Å². The van der Waals surface area contributed by atoms with Crippen molar-refractivity contribution in [2.75, 3.05) is 0 Å². The first-order valence-corrected chi connectivity index (χ1v) is 16.6. The van der Waals surface area contributed by atoms with Crippen molar-refractivity contribution >= 4 is 10.8 Å². The Bertz CT molecular complexity index is 2490. The Hall–Kier alpha value is -6.26. The molecular formula is C45H32N4. The Kier molecular flexibility index (Phi) is 6.77. The van der Waals surface area contributed by atoms with Crippen LogP contribution in [0.1, 0.15) is 25.0 Å². The molecule has 0 fully saturated rings. The van der Waals surface area contributed by atoms with E-state index in [0.29, 0.717) is 17.5 Å². The van der Waals surface area contributed by atoms with Crippen LogP contribution in [0.2, 0.25) is 0 Å². The summed E-state index contributed by atoms with van der Waals surface area (Å²) in [7, 11) is 0. The second kappa shape index (κ2) is 11.5. The lowest BCUT2D eigenvalue weighted by atomic mass is 9.81. The molecule has 0 atom stereocenters. The van der Waals surface area contributed by atoms with Crippen molar-refractivity contribution in [1.82, 2.24) is 19.9 Å². The first kappa shape index (κ1) is 28.9. The van der Waals surface area contributed by atoms with Crippen molar-refractivity contribution in [2.45, 2.75) is 19.3 Å². The van der Waals surface area contributed by atoms with Crippen LogP contribution >= 0.6 is 0 Å². The molecule has 232 valence electrons. The molecule has 49 heavy (non-hydrogen) atoms. The molecule has 1 aliphatic rings. The van der Waals surface area contributed by atoms with Crippen LogP contribution in [0.15, 0.2) is 158 Å². The summed E-state index contributed by atoms with van der Waals surface area (Å²) in [5.41, 5.74) is 12.8. The zero-order valence-electron chi connectivity index (χ0n) is 27.3. The number of fused-ring (bicyclic) bond motifs is 5. The van der Waals surface area contributed by atoms with Gasteiger partial charge in [-0.25, -0.2) is 15.0 Å². The lowest BCUT2D eigenvalue weighted by molar-refractivity contribution is 0.661. The van der Waals surface area contributed by atoms with Crippen molar-refractivity contribution in [3.8, 4) is 67.5 Å². The van der Waals surface area contributed by atoms with Crippen LogP contribution in [-0.2, 0) is 5.41 Å². The van der Waals surface area contributed by atoms with E-state index < -0.39 is 0 Å². The third-order valence-electron chi connectivity index (χ3n) is 9.87. The second-order valence-corrected chi connectivity index (χ2v) is 13.2. The van der Waals surface area contributed by atoms with Gasteiger partial charge in [0.2, 0.25) is 0 Å². The van der Waals surface area contributed by atoms with E-state index in [1.807, 2.05) is 54.9 Å². The van der Waals surface area contributed by atoms with Crippen molar-refractivity contribution in [3.63, 3.8) is 0 Å². The summed E-state index contributed by atoms with van der Waals surface area (Å²) in [4.78, 5) is 19.0. The van der Waals surface area contributed by atoms with Gasteiger partial charge in [-0.1, -0.05) is 141 Å². The van der Waals surface area contributed by atoms with E-state index in [0.717, 1.165) is 33.4 Å². The normalized spacial score (nSPS) is 12.9. The minimum Gasteiger partial charge on any atom is -0.265 e. The first-order chi connectivity index (χ1) is 24.0. The van der Waals surface area contributed by atoms with E-state index in [2.05, 4.69) is 122 Å². The Morgan fingerprint density at radius 2 is 0.918 bits per heavy atom. The molecule has 2 heterocycles. The summed E-state index contributed by atoms with van der Waals surface area (Å²) in [6.45, 7) is 4.68. The number of benzene rings is 6. The summed E-state index contributed by atoms with van der Waals surface area (Å²) in [5, 5.41) is 2.60. The van der Waals surface area contributed by atoms with Crippen molar-refractivity contribution in [2.24, 2.45) is 0 Å². The lowest BCUT2D eigenvalue weighted by Crippen LogP contribution is -2.15. The van der Waals surface area contributed by atoms with E-state index in [1.54, 1.807) is 0 Å². The molecule has 4 nitrogen and oxygen atoms in total. The number of rotatable bonds is 5. The highest BCUT2D eigenvalue weighted by Crippen LogP contribution is 2.52. The van der Waals surface area contributed by atoms with Crippen LogP contribution < -0.4 is 0 Å². The standard InChI is InChI=1S/C45H32N4/c1-45(2)39-23-21-32-8-6-7-11-37(32)41(39)38-22-20-36(28-40(38)45)30-14-18-35(19-15-30)44-48-42(33-9-4-3-5-10-33)47-43(49-44)34-16-12-29(13-17-34)31-24-26-46-27-25-31/h3-28H,1-2H3. The number of hydrogen-bond donors (Lipinski definition) is 0. The Balaban J connectivity index is 1.08. The molecule has 0 aliphatic heterocycles. The van der Waals surface area contributed by atoms with E-state index in [1.165, 1.54) is 38.6 Å². The number of nitrogens with zero attached hydrogens (tertiary/aromatic N) is 4. The fourth-order valence-corrected chi connectivity index (χ4v) is 7.20. The second-order valence-electron chi connectivity index (χ2n) is 13.2. The average molecular weight is 629 g/mol. The van der Waals surface area contributed by atoms with Gasteiger partial charge < -0.3 is 0 Å². The SMILES string of the molecule is CC1(C)c2cc(-c3ccc(-c4nc(-c5ccccc5)nc(-c5ccc(-c6ccncc6)cc5)n4)cc3)ccc2-c2c1ccc1ccccc21. The van der Waals surface area contributed by atoms with Crippen LogP contribution in [0.5, 0.6) is 0 Å². The number of pyridine rings is 1. The molecule has 0 spiro atoms. The third kappa shape index (κ3) is 5.01. The van der Waals surface area contributed by atoms with Crippen LogP contribution in [0, 0.1) is 0 Å². The van der Waals surface area contributed by atoms with Crippen LogP contribution in [0.3, 0.4) is 0 Å². The molecule has 1 aliphatic carbocycles. The lowest BCUT2D eigenvalue weighted by Gasteiger charge is -2.22. The van der Waals surface area contributed by atoms with Gasteiger partial charge in [0.05, 0.1) is 0 Å². The molecule has 0 amide bonds. The van der Waals surface area contributed by atoms with E-state index >= 15 is 0 Å². The first-order valence-electron chi connectivity index (χ1n) is 16.6. The zero-order valence-corrected chi connectivity index (χ0v) is 27.3. The van der Waals surface area contributed by atoms with Crippen molar-refractivity contribution in [1.29, 1.82) is 0 Å². The number of aromatic nitrogens is 4. The van der Waals surface area contributed by atoms with Gasteiger partial charge in [-0.05, 0) is 73.5 Å². The van der Waals surface area contributed by atoms with Gasteiger partial charge in [0.1, 0.15) is 0 Å². The Morgan fingerprint density at radius 3 is 1.57 bits per heavy atom. The molecule has 0 N–H and O–H groups in total. The molecule has 0 unspecified atom stereocenters. The van der Waals surface area contributed by atoms with Crippen LogP contribution in [0.25, 0.3) is 78.3 Å². The molecular weight excluding hydrogens is 597 g/mol. The maximum Gasteiger partial charge on any atom is 0.164 e. The summed E-state index contributed by atoms with van der Waals surface area (Å²) < 4.78 is 0. The summed E-state index contributed by atoms with van der Waals surface area (Å²) in [5.74, 6) is 1.93. The highest BCUT2D eigenvalue weighted by Gasteiger charge is 2.36. The monoisotopic (exact) mass is 628 g/mol. The van der Waals surface area contributed by atoms with E-state index in [9.17, 15) is 0 Å². The smallest absolute Gasteiger partial charge is 0.164 e. The fraction of sp³-hybridized carbons (Fsp3) is 0.0667. The molecule has 4 heteroatoms. The highest BCUT2D eigenvalue weighted by atomic mass is 15.0. The number of hydrogen-bond acceptors (Lipinski definition) is 4. The van der Waals surface area contributed by atoms with E-state index in [-0.39, 0.29) is 5.41 Å². The average Bonchev–Trinajstić information content (AvgIpc) is 3.41. The van der Waals surface area contributed by atoms with Gasteiger partial charge in [-0.2, -0.15) is 0 Å².